The minimum Gasteiger partial charge on any atom is -0.389 e. The molecule has 2 bridgehead atoms. The van der Waals surface area contributed by atoms with Gasteiger partial charge in [0.2, 0.25) is 0 Å². The summed E-state index contributed by atoms with van der Waals surface area (Å²) < 4.78 is 5.77. The van der Waals surface area contributed by atoms with Gasteiger partial charge in [0, 0.05) is 30.3 Å². The second-order valence-electron chi connectivity index (χ2n) is 7.76. The highest BCUT2D eigenvalue weighted by Crippen LogP contribution is 2.39. The Morgan fingerprint density at radius 3 is 2.85 bits per heavy atom. The van der Waals surface area contributed by atoms with Crippen LogP contribution < -0.4 is 16.0 Å². The van der Waals surface area contributed by atoms with E-state index in [0.717, 1.165) is 48.9 Å². The number of fused-ring (bicyclic) bond motifs is 4. The van der Waals surface area contributed by atoms with Gasteiger partial charge in [0.25, 0.3) is 0 Å². The number of amides is 2. The monoisotopic (exact) mass is 373 g/mol. The summed E-state index contributed by atoms with van der Waals surface area (Å²) in [4.78, 5) is 23.9. The Labute approximate surface area is 158 Å². The van der Waals surface area contributed by atoms with Gasteiger partial charge in [0.1, 0.15) is 0 Å². The molecule has 2 aliphatic heterocycles. The largest absolute Gasteiger partial charge is 0.389 e. The second-order valence-corrected chi connectivity index (χ2v) is 7.76. The predicted molar refractivity (Wildman–Crippen MR) is 100 cm³/mol. The molecule has 0 spiro atoms. The first-order valence-corrected chi connectivity index (χ1v) is 9.88. The van der Waals surface area contributed by atoms with Crippen molar-refractivity contribution in [1.29, 1.82) is 0 Å². The summed E-state index contributed by atoms with van der Waals surface area (Å²) >= 11 is 0. The molecular formula is C20H27N3O4. The van der Waals surface area contributed by atoms with Crippen molar-refractivity contribution in [2.24, 2.45) is 0 Å². The number of anilines is 1. The Kier molecular flexibility index (Phi) is 5.31. The highest BCUT2D eigenvalue weighted by Gasteiger charge is 2.36. The zero-order valence-corrected chi connectivity index (χ0v) is 15.4. The molecule has 2 fully saturated rings. The number of hydrogen-bond donors (Lipinski definition) is 4. The molecule has 7 nitrogen and oxygen atoms in total. The first-order valence-electron chi connectivity index (χ1n) is 9.88. The van der Waals surface area contributed by atoms with E-state index in [9.17, 15) is 14.7 Å². The van der Waals surface area contributed by atoms with Gasteiger partial charge in [-0.25, -0.2) is 0 Å². The van der Waals surface area contributed by atoms with Gasteiger partial charge in [0.15, 0.2) is 0 Å². The van der Waals surface area contributed by atoms with Crippen molar-refractivity contribution >= 4 is 17.5 Å². The van der Waals surface area contributed by atoms with E-state index in [1.165, 1.54) is 0 Å². The van der Waals surface area contributed by atoms with E-state index < -0.39 is 17.9 Å². The van der Waals surface area contributed by atoms with Crippen molar-refractivity contribution in [2.75, 3.05) is 18.5 Å². The van der Waals surface area contributed by atoms with Crippen LogP contribution in [0.1, 0.15) is 49.3 Å². The van der Waals surface area contributed by atoms with Crippen LogP contribution >= 0.6 is 0 Å². The van der Waals surface area contributed by atoms with Gasteiger partial charge in [-0.3, -0.25) is 9.59 Å². The molecule has 7 heteroatoms. The molecule has 3 atom stereocenters. The first kappa shape index (κ1) is 18.3. The Morgan fingerprint density at radius 1 is 1.22 bits per heavy atom. The topological polar surface area (TPSA) is 99.7 Å². The average Bonchev–Trinajstić information content (AvgIpc) is 3.18. The maximum Gasteiger partial charge on any atom is 0.309 e. The number of benzene rings is 1. The summed E-state index contributed by atoms with van der Waals surface area (Å²) in [7, 11) is 0. The van der Waals surface area contributed by atoms with E-state index in [0.29, 0.717) is 19.6 Å². The van der Waals surface area contributed by atoms with Crippen molar-refractivity contribution in [2.45, 2.75) is 62.8 Å². The number of carbonyl (C=O) groups is 2. The third kappa shape index (κ3) is 4.09. The summed E-state index contributed by atoms with van der Waals surface area (Å²) in [5.41, 5.74) is 3.18. The Balaban J connectivity index is 1.29. The summed E-state index contributed by atoms with van der Waals surface area (Å²) in [6.45, 7) is 0.758. The van der Waals surface area contributed by atoms with Gasteiger partial charge in [-0.05, 0) is 30.9 Å². The number of rotatable bonds is 4. The number of carbonyl (C=O) groups excluding carboxylic acids is 2. The molecule has 146 valence electrons. The zero-order valence-electron chi connectivity index (χ0n) is 15.4. The van der Waals surface area contributed by atoms with Gasteiger partial charge in [0.05, 0.1) is 24.9 Å². The number of aliphatic hydroxyl groups is 1. The molecule has 2 amide bonds. The van der Waals surface area contributed by atoms with Crippen molar-refractivity contribution in [3.8, 4) is 0 Å². The van der Waals surface area contributed by atoms with Crippen molar-refractivity contribution in [1.82, 2.24) is 10.6 Å². The second kappa shape index (κ2) is 7.86. The minimum atomic E-state index is -0.561. The van der Waals surface area contributed by atoms with Crippen LogP contribution in [-0.2, 0) is 20.7 Å². The summed E-state index contributed by atoms with van der Waals surface area (Å²) in [5, 5.41) is 18.8. The number of nitrogens with one attached hydrogen (secondary N) is 3. The van der Waals surface area contributed by atoms with E-state index in [-0.39, 0.29) is 18.2 Å². The maximum atomic E-state index is 11.9. The SMILES string of the molecule is O=C(NCCc1ccc2c(c1)[C@H]1C[C@@H](N2)[C@H](O)CO1)C(=O)NC1CCCC1. The molecule has 0 unspecified atom stereocenters. The highest BCUT2D eigenvalue weighted by atomic mass is 16.5. The third-order valence-corrected chi connectivity index (χ3v) is 5.80. The molecule has 3 aliphatic rings. The number of aliphatic hydroxyl groups excluding tert-OH is 1. The van der Waals surface area contributed by atoms with Crippen LogP contribution in [0.15, 0.2) is 18.2 Å². The quantitative estimate of drug-likeness (QED) is 0.591. The van der Waals surface area contributed by atoms with Crippen molar-refractivity contribution in [3.63, 3.8) is 0 Å². The fraction of sp³-hybridized carbons (Fsp3) is 0.600. The van der Waals surface area contributed by atoms with Gasteiger partial charge < -0.3 is 25.8 Å². The van der Waals surface area contributed by atoms with Crippen LogP contribution in [0.2, 0.25) is 0 Å². The molecule has 1 aromatic rings. The fourth-order valence-corrected chi connectivity index (χ4v) is 4.25. The average molecular weight is 373 g/mol. The lowest BCUT2D eigenvalue weighted by molar-refractivity contribution is -0.139. The number of hydrogen-bond acceptors (Lipinski definition) is 5. The lowest BCUT2D eigenvalue weighted by atomic mass is 9.89. The van der Waals surface area contributed by atoms with Crippen LogP contribution in [0.4, 0.5) is 5.69 Å². The molecule has 1 aliphatic carbocycles. The maximum absolute atomic E-state index is 11.9. The summed E-state index contributed by atoms with van der Waals surface area (Å²) in [5.74, 6) is -1.09. The lowest BCUT2D eigenvalue weighted by Gasteiger charge is -2.40. The van der Waals surface area contributed by atoms with Gasteiger partial charge >= 0.3 is 11.8 Å². The molecule has 4 N–H and O–H groups in total. The van der Waals surface area contributed by atoms with Crippen molar-refractivity contribution < 1.29 is 19.4 Å². The standard InChI is InChI=1S/C20H27N3O4/c24-17-11-27-18-10-16(17)23-15-6-5-12(9-14(15)18)7-8-21-19(25)20(26)22-13-3-1-2-4-13/h5-6,9,13,16-18,23-24H,1-4,7-8,10-11H2,(H,21,25)(H,22,26)/t16-,17-,18-/m1/s1. The van der Waals surface area contributed by atoms with E-state index >= 15 is 0 Å². The molecule has 0 aromatic heterocycles. The van der Waals surface area contributed by atoms with Crippen LogP contribution in [0.5, 0.6) is 0 Å². The summed E-state index contributed by atoms with van der Waals surface area (Å²) in [6, 6.07) is 6.28. The Morgan fingerprint density at radius 2 is 2.04 bits per heavy atom. The lowest BCUT2D eigenvalue weighted by Crippen LogP contribution is -2.46. The van der Waals surface area contributed by atoms with Gasteiger partial charge in [-0.2, -0.15) is 0 Å². The molecule has 27 heavy (non-hydrogen) atoms. The predicted octanol–water partition coefficient (Wildman–Crippen LogP) is 1.02. The third-order valence-electron chi connectivity index (χ3n) is 5.80. The van der Waals surface area contributed by atoms with Gasteiger partial charge in [-0.1, -0.05) is 25.0 Å². The van der Waals surface area contributed by atoms with Crippen molar-refractivity contribution in [3.05, 3.63) is 29.3 Å². The summed E-state index contributed by atoms with van der Waals surface area (Å²) in [6.07, 6.45) is 5.09. The zero-order chi connectivity index (χ0) is 18.8. The molecular weight excluding hydrogens is 346 g/mol. The van der Waals surface area contributed by atoms with E-state index in [2.05, 4.69) is 22.0 Å². The smallest absolute Gasteiger partial charge is 0.309 e. The normalized spacial score (nSPS) is 26.8. The molecule has 1 aromatic carbocycles. The fourth-order valence-electron chi connectivity index (χ4n) is 4.25. The minimum absolute atomic E-state index is 0.00128. The van der Waals surface area contributed by atoms with E-state index in [1.807, 2.05) is 12.1 Å². The van der Waals surface area contributed by atoms with Crippen LogP contribution in [0.25, 0.3) is 0 Å². The van der Waals surface area contributed by atoms with Crippen LogP contribution in [0, 0.1) is 0 Å². The van der Waals surface area contributed by atoms with Gasteiger partial charge in [-0.15, -0.1) is 0 Å². The van der Waals surface area contributed by atoms with Crippen LogP contribution in [0.3, 0.4) is 0 Å². The van der Waals surface area contributed by atoms with E-state index in [1.54, 1.807) is 0 Å². The molecule has 2 heterocycles. The highest BCUT2D eigenvalue weighted by molar-refractivity contribution is 6.35. The van der Waals surface area contributed by atoms with Crippen LogP contribution in [-0.4, -0.2) is 48.3 Å². The molecule has 4 rings (SSSR count). The first-order chi connectivity index (χ1) is 13.1. The molecule has 1 saturated heterocycles. The Bertz CT molecular complexity index is 717. The molecule has 0 radical (unpaired) electrons. The number of ether oxygens (including phenoxy) is 1. The van der Waals surface area contributed by atoms with E-state index in [4.69, 9.17) is 4.74 Å². The Hall–Kier alpha value is -2.12. The molecule has 1 saturated carbocycles.